The molecule has 1 fully saturated rings. The molecule has 1 rings (SSSR count). The van der Waals surface area contributed by atoms with Crippen LogP contribution in [-0.4, -0.2) is 30.6 Å². The van der Waals surface area contributed by atoms with E-state index < -0.39 is 0 Å². The summed E-state index contributed by atoms with van der Waals surface area (Å²) in [6, 6.07) is 0.711. The molecule has 0 aromatic carbocycles. The van der Waals surface area contributed by atoms with Crippen molar-refractivity contribution in [2.75, 3.05) is 19.6 Å². The van der Waals surface area contributed by atoms with E-state index in [4.69, 9.17) is 5.73 Å². The summed E-state index contributed by atoms with van der Waals surface area (Å²) in [5, 5.41) is 0. The second kappa shape index (κ2) is 7.70. The van der Waals surface area contributed by atoms with Crippen molar-refractivity contribution in [3.05, 3.63) is 0 Å². The molecule has 1 saturated carbocycles. The van der Waals surface area contributed by atoms with E-state index in [9.17, 15) is 0 Å². The van der Waals surface area contributed by atoms with Crippen LogP contribution in [0.15, 0.2) is 0 Å². The molecule has 2 N–H and O–H groups in total. The molecule has 0 amide bonds. The van der Waals surface area contributed by atoms with Crippen molar-refractivity contribution in [2.24, 2.45) is 11.7 Å². The SMILES string of the molecule is CC#CCCN(CC)C1CCCCC1CN. The van der Waals surface area contributed by atoms with E-state index in [1.54, 1.807) is 0 Å². The minimum absolute atomic E-state index is 0.711. The number of rotatable bonds is 5. The van der Waals surface area contributed by atoms with Crippen LogP contribution in [0.25, 0.3) is 0 Å². The lowest BCUT2D eigenvalue weighted by atomic mass is 9.83. The van der Waals surface area contributed by atoms with Gasteiger partial charge in [-0.05, 0) is 38.8 Å². The minimum atomic E-state index is 0.711. The molecular formula is C14H26N2. The number of hydrogen-bond donors (Lipinski definition) is 1. The van der Waals surface area contributed by atoms with Crippen molar-refractivity contribution < 1.29 is 0 Å². The number of nitrogens with zero attached hydrogens (tertiary/aromatic N) is 1. The molecule has 16 heavy (non-hydrogen) atoms. The Morgan fingerprint density at radius 1 is 1.31 bits per heavy atom. The van der Waals surface area contributed by atoms with E-state index in [1.807, 2.05) is 6.92 Å². The summed E-state index contributed by atoms with van der Waals surface area (Å²) in [6.07, 6.45) is 6.38. The Bertz CT molecular complexity index is 239. The van der Waals surface area contributed by atoms with Gasteiger partial charge in [0.2, 0.25) is 0 Å². The van der Waals surface area contributed by atoms with Gasteiger partial charge in [-0.15, -0.1) is 11.8 Å². The molecule has 2 nitrogen and oxygen atoms in total. The van der Waals surface area contributed by atoms with E-state index in [0.29, 0.717) is 12.0 Å². The molecule has 0 aromatic rings. The highest BCUT2D eigenvalue weighted by Crippen LogP contribution is 2.27. The number of hydrogen-bond acceptors (Lipinski definition) is 2. The fourth-order valence-corrected chi connectivity index (χ4v) is 2.83. The molecule has 1 aliphatic carbocycles. The number of nitrogens with two attached hydrogens (primary N) is 1. The van der Waals surface area contributed by atoms with E-state index >= 15 is 0 Å². The van der Waals surface area contributed by atoms with Crippen LogP contribution in [-0.2, 0) is 0 Å². The van der Waals surface area contributed by atoms with Crippen LogP contribution in [0.1, 0.15) is 46.0 Å². The van der Waals surface area contributed by atoms with Crippen LogP contribution in [0.2, 0.25) is 0 Å². The van der Waals surface area contributed by atoms with Crippen molar-refractivity contribution >= 4 is 0 Å². The van der Waals surface area contributed by atoms with Crippen LogP contribution in [0.3, 0.4) is 0 Å². The van der Waals surface area contributed by atoms with Crippen molar-refractivity contribution in [2.45, 2.75) is 52.0 Å². The third kappa shape index (κ3) is 3.81. The van der Waals surface area contributed by atoms with Gasteiger partial charge in [0.25, 0.3) is 0 Å². The average molecular weight is 222 g/mol. The highest BCUT2D eigenvalue weighted by molar-refractivity contribution is 4.96. The van der Waals surface area contributed by atoms with Crippen LogP contribution in [0.5, 0.6) is 0 Å². The van der Waals surface area contributed by atoms with Crippen molar-refractivity contribution in [1.29, 1.82) is 0 Å². The molecule has 0 radical (unpaired) electrons. The van der Waals surface area contributed by atoms with Crippen LogP contribution in [0, 0.1) is 17.8 Å². The van der Waals surface area contributed by atoms with E-state index in [2.05, 4.69) is 23.7 Å². The lowest BCUT2D eigenvalue weighted by molar-refractivity contribution is 0.115. The van der Waals surface area contributed by atoms with Crippen molar-refractivity contribution in [3.63, 3.8) is 0 Å². The summed E-state index contributed by atoms with van der Waals surface area (Å²) in [5.41, 5.74) is 5.89. The van der Waals surface area contributed by atoms with E-state index in [1.165, 1.54) is 25.7 Å². The zero-order chi connectivity index (χ0) is 11.8. The predicted molar refractivity (Wildman–Crippen MR) is 70.1 cm³/mol. The molecular weight excluding hydrogens is 196 g/mol. The normalized spacial score (nSPS) is 25.2. The molecule has 2 atom stereocenters. The zero-order valence-electron chi connectivity index (χ0n) is 10.8. The van der Waals surface area contributed by atoms with Gasteiger partial charge in [-0.3, -0.25) is 4.90 Å². The molecule has 2 unspecified atom stereocenters. The molecule has 0 heterocycles. The Morgan fingerprint density at radius 2 is 2.06 bits per heavy atom. The Labute approximate surface area is 101 Å². The van der Waals surface area contributed by atoms with E-state index in [-0.39, 0.29) is 0 Å². The third-order valence-electron chi connectivity index (χ3n) is 3.75. The first-order chi connectivity index (χ1) is 7.83. The fraction of sp³-hybridized carbons (Fsp3) is 0.857. The quantitative estimate of drug-likeness (QED) is 0.723. The first kappa shape index (κ1) is 13.5. The summed E-state index contributed by atoms with van der Waals surface area (Å²) in [5.74, 6) is 6.85. The second-order valence-corrected chi connectivity index (χ2v) is 4.65. The molecule has 0 spiro atoms. The Kier molecular flexibility index (Phi) is 6.52. The summed E-state index contributed by atoms with van der Waals surface area (Å²) in [4.78, 5) is 2.58. The highest BCUT2D eigenvalue weighted by atomic mass is 15.2. The Balaban J connectivity index is 2.50. The Hall–Kier alpha value is -0.520. The lowest BCUT2D eigenvalue weighted by Crippen LogP contribution is -2.45. The standard InChI is InChI=1S/C14H26N2/c1-3-5-8-11-16(4-2)14-10-7-6-9-13(14)12-15/h13-14H,4,6-12,15H2,1-2H3. The maximum atomic E-state index is 5.89. The van der Waals surface area contributed by atoms with Gasteiger partial charge in [-0.2, -0.15) is 0 Å². The van der Waals surface area contributed by atoms with Gasteiger partial charge in [0.1, 0.15) is 0 Å². The van der Waals surface area contributed by atoms with Crippen LogP contribution >= 0.6 is 0 Å². The largest absolute Gasteiger partial charge is 0.330 e. The summed E-state index contributed by atoms with van der Waals surface area (Å²) in [7, 11) is 0. The predicted octanol–water partition coefficient (Wildman–Crippen LogP) is 2.24. The second-order valence-electron chi connectivity index (χ2n) is 4.65. The summed E-state index contributed by atoms with van der Waals surface area (Å²) < 4.78 is 0. The fourth-order valence-electron chi connectivity index (χ4n) is 2.83. The molecule has 0 saturated heterocycles. The zero-order valence-corrected chi connectivity index (χ0v) is 10.8. The van der Waals surface area contributed by atoms with Crippen molar-refractivity contribution in [3.8, 4) is 11.8 Å². The van der Waals surface area contributed by atoms with Gasteiger partial charge in [0.05, 0.1) is 0 Å². The molecule has 0 aliphatic heterocycles. The van der Waals surface area contributed by atoms with Gasteiger partial charge in [0.15, 0.2) is 0 Å². The van der Waals surface area contributed by atoms with Crippen LogP contribution in [0.4, 0.5) is 0 Å². The minimum Gasteiger partial charge on any atom is -0.330 e. The van der Waals surface area contributed by atoms with Gasteiger partial charge in [0, 0.05) is 19.0 Å². The molecule has 2 heteroatoms. The first-order valence-electron chi connectivity index (χ1n) is 6.67. The van der Waals surface area contributed by atoms with Crippen LogP contribution < -0.4 is 5.73 Å². The van der Waals surface area contributed by atoms with Gasteiger partial charge in [-0.25, -0.2) is 0 Å². The third-order valence-corrected chi connectivity index (χ3v) is 3.75. The highest BCUT2D eigenvalue weighted by Gasteiger charge is 2.27. The smallest absolute Gasteiger partial charge is 0.0217 e. The molecule has 1 aliphatic rings. The maximum Gasteiger partial charge on any atom is 0.0217 e. The lowest BCUT2D eigenvalue weighted by Gasteiger charge is -2.39. The Morgan fingerprint density at radius 3 is 2.69 bits per heavy atom. The molecule has 92 valence electrons. The summed E-state index contributed by atoms with van der Waals surface area (Å²) in [6.45, 7) is 7.26. The first-order valence-corrected chi connectivity index (χ1v) is 6.67. The van der Waals surface area contributed by atoms with Crippen molar-refractivity contribution in [1.82, 2.24) is 4.90 Å². The topological polar surface area (TPSA) is 29.3 Å². The van der Waals surface area contributed by atoms with Gasteiger partial charge < -0.3 is 5.73 Å². The molecule has 0 bridgehead atoms. The monoisotopic (exact) mass is 222 g/mol. The van der Waals surface area contributed by atoms with Gasteiger partial charge in [-0.1, -0.05) is 19.8 Å². The maximum absolute atomic E-state index is 5.89. The van der Waals surface area contributed by atoms with E-state index in [0.717, 1.165) is 26.1 Å². The average Bonchev–Trinajstić information content (AvgIpc) is 2.35. The van der Waals surface area contributed by atoms with Gasteiger partial charge >= 0.3 is 0 Å². The molecule has 0 aromatic heterocycles. The summed E-state index contributed by atoms with van der Waals surface area (Å²) >= 11 is 0.